The van der Waals surface area contributed by atoms with Gasteiger partial charge in [-0.05, 0) is 0 Å². The minimum Gasteiger partial charge on any atom is -0.321 e. The Balaban J connectivity index is 2.78. The Kier molecular flexibility index (Phi) is 3.93. The summed E-state index contributed by atoms with van der Waals surface area (Å²) in [7, 11) is 0. The number of nitrogens with zero attached hydrogens (tertiary/aromatic N) is 2. The largest absolute Gasteiger partial charge is 0.397 e. The number of halogens is 5. The molecule has 0 aliphatic carbocycles. The molecule has 0 atom stereocenters. The zero-order valence-electron chi connectivity index (χ0n) is 7.48. The molecule has 1 heterocycles. The molecule has 1 aromatic heterocycles. The summed E-state index contributed by atoms with van der Waals surface area (Å²) in [5, 5.41) is 1.43. The topological polar surface area (TPSA) is 54.9 Å². The molecule has 1 N–H and O–H groups in total. The predicted octanol–water partition coefficient (Wildman–Crippen LogP) is 2.67. The van der Waals surface area contributed by atoms with Gasteiger partial charge in [-0.1, -0.05) is 23.2 Å². The van der Waals surface area contributed by atoms with E-state index in [1.54, 1.807) is 0 Å². The van der Waals surface area contributed by atoms with Crippen molar-refractivity contribution in [3.63, 3.8) is 0 Å². The third-order valence-electron chi connectivity index (χ3n) is 1.38. The quantitative estimate of drug-likeness (QED) is 0.843. The number of carbonyl (C=O) groups excluding carboxylic acids is 1. The van der Waals surface area contributed by atoms with Crippen molar-refractivity contribution in [1.29, 1.82) is 0 Å². The van der Waals surface area contributed by atoms with E-state index >= 15 is 0 Å². The molecule has 88 valence electrons. The maximum Gasteiger partial charge on any atom is 0.397 e. The van der Waals surface area contributed by atoms with E-state index in [9.17, 15) is 18.0 Å². The van der Waals surface area contributed by atoms with Crippen molar-refractivity contribution in [3.05, 3.63) is 16.6 Å². The number of hydrogen-bond donors (Lipinski definition) is 1. The smallest absolute Gasteiger partial charge is 0.321 e. The lowest BCUT2D eigenvalue weighted by molar-refractivity contribution is -0.150. The fourth-order valence-corrected chi connectivity index (χ4v) is 1.22. The Morgan fingerprint density at radius 3 is 2.25 bits per heavy atom. The molecule has 0 saturated carbocycles. The molecule has 4 nitrogen and oxygen atoms in total. The van der Waals surface area contributed by atoms with Gasteiger partial charge in [-0.2, -0.15) is 13.2 Å². The van der Waals surface area contributed by atoms with Crippen LogP contribution < -0.4 is 5.32 Å². The highest BCUT2D eigenvalue weighted by molar-refractivity contribution is 6.38. The first-order chi connectivity index (χ1) is 7.29. The standard InChI is InChI=1S/C7H4Cl2F3N3O/c8-5-4(6(9)14-2-13-5)15-3(16)1-7(10,11)12/h2H,1H2,(H,15,16). The Hall–Kier alpha value is -1.08. The van der Waals surface area contributed by atoms with Gasteiger partial charge < -0.3 is 5.32 Å². The van der Waals surface area contributed by atoms with Crippen LogP contribution >= 0.6 is 23.2 Å². The number of alkyl halides is 3. The molecule has 0 saturated heterocycles. The lowest BCUT2D eigenvalue weighted by atomic mass is 10.4. The summed E-state index contributed by atoms with van der Waals surface area (Å²) in [5.74, 6) is -1.29. The van der Waals surface area contributed by atoms with Gasteiger partial charge in [0.1, 0.15) is 18.4 Å². The Morgan fingerprint density at radius 1 is 1.31 bits per heavy atom. The molecule has 0 spiro atoms. The average molecular weight is 274 g/mol. The van der Waals surface area contributed by atoms with Crippen LogP contribution in [0.4, 0.5) is 18.9 Å². The zero-order valence-corrected chi connectivity index (χ0v) is 8.99. The number of amides is 1. The third kappa shape index (κ3) is 3.82. The molecule has 1 rings (SSSR count). The third-order valence-corrected chi connectivity index (χ3v) is 1.95. The first kappa shape index (κ1) is 13.0. The molecule has 0 aromatic carbocycles. The molecule has 0 fully saturated rings. The summed E-state index contributed by atoms with van der Waals surface area (Å²) in [6, 6.07) is 0. The molecule has 1 aromatic rings. The number of hydrogen-bond acceptors (Lipinski definition) is 3. The fraction of sp³-hybridized carbons (Fsp3) is 0.286. The van der Waals surface area contributed by atoms with Crippen molar-refractivity contribution in [2.24, 2.45) is 0 Å². The first-order valence-electron chi connectivity index (χ1n) is 3.82. The second-order valence-electron chi connectivity index (χ2n) is 2.67. The van der Waals surface area contributed by atoms with Gasteiger partial charge in [-0.15, -0.1) is 0 Å². The van der Waals surface area contributed by atoms with Gasteiger partial charge in [0.25, 0.3) is 0 Å². The Labute approximate surface area is 97.8 Å². The van der Waals surface area contributed by atoms with E-state index in [-0.39, 0.29) is 16.0 Å². The van der Waals surface area contributed by atoms with Gasteiger partial charge in [0.2, 0.25) is 5.91 Å². The summed E-state index contributed by atoms with van der Waals surface area (Å²) in [6.45, 7) is 0. The van der Waals surface area contributed by atoms with Crippen LogP contribution in [0.2, 0.25) is 10.3 Å². The van der Waals surface area contributed by atoms with E-state index in [1.807, 2.05) is 5.32 Å². The van der Waals surface area contributed by atoms with Gasteiger partial charge in [-0.25, -0.2) is 9.97 Å². The molecule has 1 amide bonds. The summed E-state index contributed by atoms with van der Waals surface area (Å²) < 4.78 is 35.6. The molecule has 16 heavy (non-hydrogen) atoms. The molecular formula is C7H4Cl2F3N3O. The van der Waals surface area contributed by atoms with Crippen molar-refractivity contribution < 1.29 is 18.0 Å². The average Bonchev–Trinajstić information content (AvgIpc) is 2.08. The van der Waals surface area contributed by atoms with Crippen LogP contribution in [0.5, 0.6) is 0 Å². The minimum absolute atomic E-state index is 0.226. The van der Waals surface area contributed by atoms with Crippen LogP contribution in [0.3, 0.4) is 0 Å². The van der Waals surface area contributed by atoms with Crippen LogP contribution in [0, 0.1) is 0 Å². The van der Waals surface area contributed by atoms with Crippen molar-refractivity contribution in [1.82, 2.24) is 9.97 Å². The van der Waals surface area contributed by atoms with Crippen LogP contribution in [-0.2, 0) is 4.79 Å². The van der Waals surface area contributed by atoms with Crippen molar-refractivity contribution in [2.75, 3.05) is 5.32 Å². The number of carbonyl (C=O) groups is 1. The van der Waals surface area contributed by atoms with E-state index in [4.69, 9.17) is 23.2 Å². The van der Waals surface area contributed by atoms with Gasteiger partial charge in [0.05, 0.1) is 0 Å². The highest BCUT2D eigenvalue weighted by Crippen LogP contribution is 2.27. The molecule has 0 aliphatic rings. The summed E-state index contributed by atoms with van der Waals surface area (Å²) in [4.78, 5) is 17.9. The predicted molar refractivity (Wildman–Crippen MR) is 51.4 cm³/mol. The first-order valence-corrected chi connectivity index (χ1v) is 4.58. The summed E-state index contributed by atoms with van der Waals surface area (Å²) in [5.41, 5.74) is -0.236. The normalized spacial score (nSPS) is 11.3. The SMILES string of the molecule is O=C(CC(F)(F)F)Nc1c(Cl)ncnc1Cl. The lowest BCUT2D eigenvalue weighted by Crippen LogP contribution is -2.21. The van der Waals surface area contributed by atoms with Gasteiger partial charge >= 0.3 is 6.18 Å². The van der Waals surface area contributed by atoms with E-state index < -0.39 is 18.5 Å². The molecule has 0 bridgehead atoms. The second kappa shape index (κ2) is 4.84. The van der Waals surface area contributed by atoms with Crippen LogP contribution in [0.25, 0.3) is 0 Å². The van der Waals surface area contributed by atoms with Crippen LogP contribution in [0.15, 0.2) is 6.33 Å². The van der Waals surface area contributed by atoms with Crippen LogP contribution in [-0.4, -0.2) is 22.1 Å². The van der Waals surface area contributed by atoms with Gasteiger partial charge in [0, 0.05) is 0 Å². The summed E-state index contributed by atoms with van der Waals surface area (Å²) >= 11 is 11.0. The summed E-state index contributed by atoms with van der Waals surface area (Å²) in [6.07, 6.45) is -5.21. The van der Waals surface area contributed by atoms with E-state index in [1.165, 1.54) is 0 Å². The van der Waals surface area contributed by atoms with E-state index in [0.717, 1.165) is 6.33 Å². The van der Waals surface area contributed by atoms with Crippen molar-refractivity contribution in [2.45, 2.75) is 12.6 Å². The number of nitrogens with one attached hydrogen (secondary N) is 1. The molecule has 0 aliphatic heterocycles. The maximum absolute atomic E-state index is 11.9. The van der Waals surface area contributed by atoms with Gasteiger partial charge in [0.15, 0.2) is 10.3 Å². The molecule has 9 heteroatoms. The minimum atomic E-state index is -4.60. The molecule has 0 radical (unpaired) electrons. The lowest BCUT2D eigenvalue weighted by Gasteiger charge is -2.09. The van der Waals surface area contributed by atoms with Crippen molar-refractivity contribution in [3.8, 4) is 0 Å². The number of aromatic nitrogens is 2. The fourth-order valence-electron chi connectivity index (χ4n) is 0.813. The van der Waals surface area contributed by atoms with E-state index in [0.29, 0.717) is 0 Å². The Bertz CT molecular complexity index is 390. The second-order valence-corrected chi connectivity index (χ2v) is 3.39. The number of rotatable bonds is 2. The molecular weight excluding hydrogens is 270 g/mol. The molecule has 0 unspecified atom stereocenters. The highest BCUT2D eigenvalue weighted by atomic mass is 35.5. The van der Waals surface area contributed by atoms with Gasteiger partial charge in [-0.3, -0.25) is 4.79 Å². The maximum atomic E-state index is 11.9. The monoisotopic (exact) mass is 273 g/mol. The highest BCUT2D eigenvalue weighted by Gasteiger charge is 2.31. The van der Waals surface area contributed by atoms with Crippen LogP contribution in [0.1, 0.15) is 6.42 Å². The zero-order chi connectivity index (χ0) is 12.3. The van der Waals surface area contributed by atoms with Crippen molar-refractivity contribution >= 4 is 34.8 Å². The number of anilines is 1. The Morgan fingerprint density at radius 2 is 1.81 bits per heavy atom. The van der Waals surface area contributed by atoms with E-state index in [2.05, 4.69) is 9.97 Å².